The van der Waals surface area contributed by atoms with Crippen molar-refractivity contribution in [2.75, 3.05) is 0 Å². The second kappa shape index (κ2) is 7.13. The van der Waals surface area contributed by atoms with Crippen LogP contribution >= 0.6 is 0 Å². The van der Waals surface area contributed by atoms with Crippen LogP contribution in [0.3, 0.4) is 0 Å². The van der Waals surface area contributed by atoms with Gasteiger partial charge < -0.3 is 24.4 Å². The van der Waals surface area contributed by atoms with Crippen LogP contribution in [0.5, 0.6) is 0 Å². The summed E-state index contributed by atoms with van der Waals surface area (Å²) in [5.41, 5.74) is 2.18. The molecule has 2 rings (SSSR count). The van der Waals surface area contributed by atoms with Gasteiger partial charge in [0.15, 0.2) is 6.29 Å². The highest BCUT2D eigenvalue weighted by molar-refractivity contribution is 5.24. The molecule has 0 saturated carbocycles. The number of hydrogen-bond donors (Lipinski definition) is 2. The molecule has 2 N–H and O–H groups in total. The van der Waals surface area contributed by atoms with Gasteiger partial charge in [-0.05, 0) is 32.3 Å². The van der Waals surface area contributed by atoms with Gasteiger partial charge in [0.05, 0.1) is 18.5 Å². The third-order valence-corrected chi connectivity index (χ3v) is 4.37. The van der Waals surface area contributed by atoms with Crippen LogP contribution in [0.4, 0.5) is 0 Å². The molecule has 0 aliphatic carbocycles. The lowest BCUT2D eigenvalue weighted by Gasteiger charge is -2.40. The normalized spacial score (nSPS) is 41.5. The number of aliphatic hydroxyl groups excluding tert-OH is 2. The predicted molar refractivity (Wildman–Crippen MR) is 82.8 cm³/mol. The van der Waals surface area contributed by atoms with Gasteiger partial charge in [-0.25, -0.2) is 0 Å². The van der Waals surface area contributed by atoms with Gasteiger partial charge in [-0.15, -0.1) is 0 Å². The molecular formula is C17H28O5. The smallest absolute Gasteiger partial charge is 0.224 e. The second-order valence-electron chi connectivity index (χ2n) is 6.59. The Hall–Kier alpha value is -0.880. The average molecular weight is 312 g/mol. The van der Waals surface area contributed by atoms with E-state index in [0.717, 1.165) is 11.1 Å². The molecule has 0 aromatic carbocycles. The molecule has 3 unspecified atom stereocenters. The summed E-state index contributed by atoms with van der Waals surface area (Å²) in [4.78, 5) is 0. The average Bonchev–Trinajstić information content (AvgIpc) is 2.45. The van der Waals surface area contributed by atoms with E-state index in [1.165, 1.54) is 0 Å². The van der Waals surface area contributed by atoms with Gasteiger partial charge in [0.1, 0.15) is 6.10 Å². The topological polar surface area (TPSA) is 68.2 Å². The number of allylic oxidation sites excluding steroid dienone is 2. The molecule has 0 aromatic rings. The van der Waals surface area contributed by atoms with Gasteiger partial charge in [-0.2, -0.15) is 0 Å². The number of hydrogen-bond acceptors (Lipinski definition) is 5. The Kier molecular flexibility index (Phi) is 5.66. The first-order valence-corrected chi connectivity index (χ1v) is 8.00. The van der Waals surface area contributed by atoms with E-state index in [9.17, 15) is 10.2 Å². The maximum atomic E-state index is 10.1. The molecule has 1 fully saturated rings. The Morgan fingerprint density at radius 1 is 1.36 bits per heavy atom. The fraction of sp³-hybridized carbons (Fsp3) is 0.765. The van der Waals surface area contributed by atoms with Gasteiger partial charge in [-0.3, -0.25) is 0 Å². The Morgan fingerprint density at radius 3 is 2.64 bits per heavy atom. The molecule has 0 aromatic heterocycles. The Labute approximate surface area is 132 Å². The molecule has 5 heteroatoms. The first-order valence-electron chi connectivity index (χ1n) is 8.00. The van der Waals surface area contributed by atoms with Crippen LogP contribution in [0.2, 0.25) is 0 Å². The van der Waals surface area contributed by atoms with Crippen LogP contribution in [0, 0.1) is 11.8 Å². The Bertz CT molecular complexity index is 442. The molecule has 0 radical (unpaired) electrons. The lowest BCUT2D eigenvalue weighted by Crippen LogP contribution is -2.50. The summed E-state index contributed by atoms with van der Waals surface area (Å²) in [6.45, 7) is 10.2. The third kappa shape index (κ3) is 3.54. The van der Waals surface area contributed by atoms with Gasteiger partial charge in [0.2, 0.25) is 6.29 Å². The molecular weight excluding hydrogens is 284 g/mol. The summed E-state index contributed by atoms with van der Waals surface area (Å²) in [6, 6.07) is 0. The summed E-state index contributed by atoms with van der Waals surface area (Å²) >= 11 is 0. The van der Waals surface area contributed by atoms with Crippen molar-refractivity contribution in [3.63, 3.8) is 0 Å². The van der Waals surface area contributed by atoms with E-state index in [1.807, 2.05) is 26.8 Å². The standard InChI is InChI=1S/C17H28O5/c1-6-12-14(9(2)3)10(4)8-20-16(12)22-17-15(19)13(18)7-11(5)21-17/h6,8-9,11,13-19H,7H2,1-5H3/b12-6+/t11-,13?,14?,15-,16?,17+/m1/s1. The van der Waals surface area contributed by atoms with E-state index in [4.69, 9.17) is 14.2 Å². The van der Waals surface area contributed by atoms with Crippen molar-refractivity contribution in [2.45, 2.75) is 71.9 Å². The predicted octanol–water partition coefficient (Wildman–Crippen LogP) is 2.34. The van der Waals surface area contributed by atoms with Crippen LogP contribution in [-0.4, -0.2) is 41.1 Å². The summed E-state index contributed by atoms with van der Waals surface area (Å²) in [5.74, 6) is 0.658. The van der Waals surface area contributed by atoms with E-state index in [1.54, 1.807) is 6.26 Å². The molecule has 126 valence electrons. The summed E-state index contributed by atoms with van der Waals surface area (Å²) in [7, 11) is 0. The molecule has 0 bridgehead atoms. The van der Waals surface area contributed by atoms with Crippen molar-refractivity contribution >= 4 is 0 Å². The Balaban J connectivity index is 2.15. The first kappa shape index (κ1) is 17.5. The van der Waals surface area contributed by atoms with Crippen molar-refractivity contribution in [2.24, 2.45) is 11.8 Å². The van der Waals surface area contributed by atoms with Crippen LogP contribution in [0.15, 0.2) is 23.5 Å². The molecule has 5 nitrogen and oxygen atoms in total. The highest BCUT2D eigenvalue weighted by atomic mass is 16.8. The van der Waals surface area contributed by atoms with Gasteiger partial charge in [-0.1, -0.05) is 19.9 Å². The second-order valence-corrected chi connectivity index (χ2v) is 6.59. The summed E-state index contributed by atoms with van der Waals surface area (Å²) in [5, 5.41) is 20.0. The van der Waals surface area contributed by atoms with E-state index in [-0.39, 0.29) is 12.0 Å². The molecule has 6 atom stereocenters. The molecule has 2 heterocycles. The number of ether oxygens (including phenoxy) is 3. The van der Waals surface area contributed by atoms with E-state index >= 15 is 0 Å². The number of aliphatic hydroxyl groups is 2. The molecule has 22 heavy (non-hydrogen) atoms. The quantitative estimate of drug-likeness (QED) is 0.783. The molecule has 2 aliphatic heterocycles. The van der Waals surface area contributed by atoms with E-state index in [0.29, 0.717) is 12.3 Å². The highest BCUT2D eigenvalue weighted by Crippen LogP contribution is 2.37. The molecule has 0 spiro atoms. The fourth-order valence-electron chi connectivity index (χ4n) is 3.33. The maximum Gasteiger partial charge on any atom is 0.224 e. The van der Waals surface area contributed by atoms with Gasteiger partial charge >= 0.3 is 0 Å². The fourth-order valence-corrected chi connectivity index (χ4v) is 3.33. The van der Waals surface area contributed by atoms with E-state index < -0.39 is 24.8 Å². The van der Waals surface area contributed by atoms with Crippen LogP contribution in [0.25, 0.3) is 0 Å². The SMILES string of the molecule is C/C=C1/C(O[C@@H]2O[C@H](C)CC(O)[C@H]2O)OC=C(C)C1C(C)C. The zero-order valence-electron chi connectivity index (χ0n) is 14.0. The minimum atomic E-state index is -1.07. The first-order chi connectivity index (χ1) is 10.3. The maximum absolute atomic E-state index is 10.1. The lowest BCUT2D eigenvalue weighted by atomic mass is 9.81. The monoisotopic (exact) mass is 312 g/mol. The van der Waals surface area contributed by atoms with Crippen LogP contribution in [0.1, 0.15) is 41.0 Å². The van der Waals surface area contributed by atoms with E-state index in [2.05, 4.69) is 13.8 Å². The lowest BCUT2D eigenvalue weighted by molar-refractivity contribution is -0.300. The summed E-state index contributed by atoms with van der Waals surface area (Å²) < 4.78 is 17.1. The Morgan fingerprint density at radius 2 is 2.05 bits per heavy atom. The van der Waals surface area contributed by atoms with Crippen molar-refractivity contribution in [1.29, 1.82) is 0 Å². The van der Waals surface area contributed by atoms with Crippen LogP contribution < -0.4 is 0 Å². The van der Waals surface area contributed by atoms with Gasteiger partial charge in [0, 0.05) is 17.9 Å². The molecule has 2 aliphatic rings. The van der Waals surface area contributed by atoms with Crippen LogP contribution in [-0.2, 0) is 14.2 Å². The minimum absolute atomic E-state index is 0.167. The summed E-state index contributed by atoms with van der Waals surface area (Å²) in [6.07, 6.45) is 0.553. The minimum Gasteiger partial charge on any atom is -0.468 e. The van der Waals surface area contributed by atoms with Crippen molar-refractivity contribution in [3.05, 3.63) is 23.5 Å². The van der Waals surface area contributed by atoms with Crippen molar-refractivity contribution in [1.82, 2.24) is 0 Å². The zero-order chi connectivity index (χ0) is 16.4. The highest BCUT2D eigenvalue weighted by Gasteiger charge is 2.40. The molecule has 0 amide bonds. The van der Waals surface area contributed by atoms with Crippen molar-refractivity contribution in [3.8, 4) is 0 Å². The number of rotatable bonds is 3. The third-order valence-electron chi connectivity index (χ3n) is 4.37. The van der Waals surface area contributed by atoms with Crippen molar-refractivity contribution < 1.29 is 24.4 Å². The molecule has 1 saturated heterocycles. The van der Waals surface area contributed by atoms with Gasteiger partial charge in [0.25, 0.3) is 0 Å². The largest absolute Gasteiger partial charge is 0.468 e. The zero-order valence-corrected chi connectivity index (χ0v) is 14.0.